The molecule has 1 N–H and O–H groups in total. The van der Waals surface area contributed by atoms with Gasteiger partial charge in [0.2, 0.25) is 5.88 Å². The summed E-state index contributed by atoms with van der Waals surface area (Å²) < 4.78 is 5.00. The van der Waals surface area contributed by atoms with Crippen LogP contribution < -0.4 is 10.1 Å². The Labute approximate surface area is 116 Å². The van der Waals surface area contributed by atoms with Gasteiger partial charge in [-0.2, -0.15) is 0 Å². The predicted molar refractivity (Wildman–Crippen MR) is 73.9 cm³/mol. The first kappa shape index (κ1) is 13.7. The monoisotopic (exact) mass is 270 g/mol. The van der Waals surface area contributed by atoms with E-state index >= 15 is 0 Å². The third-order valence-corrected chi connectivity index (χ3v) is 2.71. The van der Waals surface area contributed by atoms with Gasteiger partial charge in [0, 0.05) is 11.8 Å². The van der Waals surface area contributed by atoms with Crippen molar-refractivity contribution in [1.29, 1.82) is 0 Å². The Morgan fingerprint density at radius 3 is 2.60 bits per heavy atom. The lowest BCUT2D eigenvalue weighted by Crippen LogP contribution is -2.30. The van der Waals surface area contributed by atoms with E-state index in [2.05, 4.69) is 10.3 Å². The molecule has 5 heteroatoms. The van der Waals surface area contributed by atoms with Crippen LogP contribution in [0.4, 0.5) is 0 Å². The van der Waals surface area contributed by atoms with E-state index in [9.17, 15) is 9.59 Å². The molecule has 0 unspecified atom stereocenters. The van der Waals surface area contributed by atoms with Crippen LogP contribution in [0.15, 0.2) is 48.7 Å². The van der Waals surface area contributed by atoms with Crippen molar-refractivity contribution >= 4 is 11.7 Å². The maximum Gasteiger partial charge on any atom is 0.257 e. The quantitative estimate of drug-likeness (QED) is 0.840. The SMILES string of the molecule is COc1ncccc1C(=O)NCC(=O)c1ccccc1. The Hall–Kier alpha value is -2.69. The normalized spacial score (nSPS) is 9.85. The van der Waals surface area contributed by atoms with Gasteiger partial charge < -0.3 is 10.1 Å². The first-order chi connectivity index (χ1) is 9.72. The molecule has 0 aliphatic rings. The van der Waals surface area contributed by atoms with Gasteiger partial charge in [-0.05, 0) is 12.1 Å². The molecule has 0 fully saturated rings. The first-order valence-corrected chi connectivity index (χ1v) is 6.08. The van der Waals surface area contributed by atoms with Crippen molar-refractivity contribution in [3.05, 3.63) is 59.8 Å². The minimum atomic E-state index is -0.390. The number of Topliss-reactive ketones (excluding diaryl/α,β-unsaturated/α-hetero) is 1. The van der Waals surface area contributed by atoms with Crippen LogP contribution in [0.1, 0.15) is 20.7 Å². The minimum absolute atomic E-state index is 0.0686. The first-order valence-electron chi connectivity index (χ1n) is 6.08. The van der Waals surface area contributed by atoms with Gasteiger partial charge in [-0.25, -0.2) is 4.98 Å². The molecule has 1 aromatic heterocycles. The number of ether oxygens (including phenoxy) is 1. The van der Waals surface area contributed by atoms with Gasteiger partial charge in [0.25, 0.3) is 5.91 Å². The molecule has 1 heterocycles. The van der Waals surface area contributed by atoms with Crippen molar-refractivity contribution < 1.29 is 14.3 Å². The van der Waals surface area contributed by atoms with Gasteiger partial charge in [-0.3, -0.25) is 9.59 Å². The van der Waals surface area contributed by atoms with E-state index < -0.39 is 0 Å². The van der Waals surface area contributed by atoms with E-state index in [0.29, 0.717) is 11.1 Å². The Balaban J connectivity index is 2.01. The smallest absolute Gasteiger partial charge is 0.257 e. The fourth-order valence-electron chi connectivity index (χ4n) is 1.71. The molecule has 1 aromatic carbocycles. The number of hydrogen-bond donors (Lipinski definition) is 1. The summed E-state index contributed by atoms with van der Waals surface area (Å²) in [6.07, 6.45) is 1.53. The second-order valence-electron chi connectivity index (χ2n) is 4.03. The molecule has 0 saturated carbocycles. The van der Waals surface area contributed by atoms with Crippen molar-refractivity contribution in [3.8, 4) is 5.88 Å². The number of hydrogen-bond acceptors (Lipinski definition) is 4. The van der Waals surface area contributed by atoms with Crippen molar-refractivity contribution in [3.63, 3.8) is 0 Å². The predicted octanol–water partition coefficient (Wildman–Crippen LogP) is 1.70. The van der Waals surface area contributed by atoms with Gasteiger partial charge in [0.1, 0.15) is 5.56 Å². The maximum atomic E-state index is 12.0. The van der Waals surface area contributed by atoms with Crippen LogP contribution in [-0.2, 0) is 0 Å². The number of methoxy groups -OCH3 is 1. The topological polar surface area (TPSA) is 68.3 Å². The zero-order chi connectivity index (χ0) is 14.4. The Morgan fingerprint density at radius 1 is 1.15 bits per heavy atom. The largest absolute Gasteiger partial charge is 0.480 e. The molecule has 1 amide bonds. The van der Waals surface area contributed by atoms with Crippen LogP contribution in [0.5, 0.6) is 5.88 Å². The van der Waals surface area contributed by atoms with Gasteiger partial charge in [0.05, 0.1) is 13.7 Å². The third kappa shape index (κ3) is 3.20. The highest BCUT2D eigenvalue weighted by Crippen LogP contribution is 2.12. The summed E-state index contributed by atoms with van der Waals surface area (Å²) in [5.74, 6) is -0.307. The number of nitrogens with zero attached hydrogens (tertiary/aromatic N) is 1. The number of ketones is 1. The average Bonchev–Trinajstić information content (AvgIpc) is 2.53. The Kier molecular flexibility index (Phi) is 4.44. The van der Waals surface area contributed by atoms with Crippen LogP contribution in [0.25, 0.3) is 0 Å². The lowest BCUT2D eigenvalue weighted by atomic mass is 10.1. The molecule has 0 spiro atoms. The van der Waals surface area contributed by atoms with Crippen LogP contribution in [-0.4, -0.2) is 30.3 Å². The Morgan fingerprint density at radius 2 is 1.90 bits per heavy atom. The number of nitrogens with one attached hydrogen (secondary N) is 1. The second-order valence-corrected chi connectivity index (χ2v) is 4.03. The molecule has 0 atom stereocenters. The van der Waals surface area contributed by atoms with Gasteiger partial charge in [0.15, 0.2) is 5.78 Å². The third-order valence-electron chi connectivity index (χ3n) is 2.71. The summed E-state index contributed by atoms with van der Waals surface area (Å²) in [6, 6.07) is 12.0. The summed E-state index contributed by atoms with van der Waals surface area (Å²) in [7, 11) is 1.44. The van der Waals surface area contributed by atoms with Crippen LogP contribution in [0.2, 0.25) is 0 Å². The van der Waals surface area contributed by atoms with Gasteiger partial charge in [-0.15, -0.1) is 0 Å². The van der Waals surface area contributed by atoms with Gasteiger partial charge >= 0.3 is 0 Å². The molecule has 0 radical (unpaired) electrons. The van der Waals surface area contributed by atoms with Crippen LogP contribution in [0, 0.1) is 0 Å². The van der Waals surface area contributed by atoms with Crippen molar-refractivity contribution in [2.24, 2.45) is 0 Å². The minimum Gasteiger partial charge on any atom is -0.480 e. The molecule has 102 valence electrons. The van der Waals surface area contributed by atoms with Crippen LogP contribution >= 0.6 is 0 Å². The molecular formula is C15H14N2O3. The molecule has 0 saturated heterocycles. The fourth-order valence-corrected chi connectivity index (χ4v) is 1.71. The van der Waals surface area contributed by atoms with Crippen LogP contribution in [0.3, 0.4) is 0 Å². The second kappa shape index (κ2) is 6.47. The lowest BCUT2D eigenvalue weighted by Gasteiger charge is -2.07. The number of benzene rings is 1. The number of amides is 1. The molecule has 0 aliphatic heterocycles. The highest BCUT2D eigenvalue weighted by molar-refractivity contribution is 6.02. The van der Waals surface area contributed by atoms with E-state index in [1.807, 2.05) is 6.07 Å². The number of rotatable bonds is 5. The van der Waals surface area contributed by atoms with E-state index in [1.54, 1.807) is 36.4 Å². The summed E-state index contributed by atoms with van der Waals surface area (Å²) >= 11 is 0. The number of carbonyl (C=O) groups is 2. The summed E-state index contributed by atoms with van der Waals surface area (Å²) in [4.78, 5) is 27.8. The van der Waals surface area contributed by atoms with Crippen molar-refractivity contribution in [2.75, 3.05) is 13.7 Å². The van der Waals surface area contributed by atoms with Gasteiger partial charge in [-0.1, -0.05) is 30.3 Å². The number of aromatic nitrogens is 1. The number of carbonyl (C=O) groups excluding carboxylic acids is 2. The molecular weight excluding hydrogens is 256 g/mol. The summed E-state index contributed by atoms with van der Waals surface area (Å²) in [6.45, 7) is -0.0686. The number of pyridine rings is 1. The summed E-state index contributed by atoms with van der Waals surface area (Å²) in [5, 5.41) is 2.56. The molecule has 5 nitrogen and oxygen atoms in total. The highest BCUT2D eigenvalue weighted by Gasteiger charge is 2.14. The molecule has 20 heavy (non-hydrogen) atoms. The van der Waals surface area contributed by atoms with E-state index in [0.717, 1.165) is 0 Å². The van der Waals surface area contributed by atoms with E-state index in [1.165, 1.54) is 13.3 Å². The van der Waals surface area contributed by atoms with E-state index in [4.69, 9.17) is 4.74 Å². The van der Waals surface area contributed by atoms with Crippen molar-refractivity contribution in [2.45, 2.75) is 0 Å². The molecule has 0 bridgehead atoms. The van der Waals surface area contributed by atoms with E-state index in [-0.39, 0.29) is 24.1 Å². The highest BCUT2D eigenvalue weighted by atomic mass is 16.5. The maximum absolute atomic E-state index is 12.0. The molecule has 2 aromatic rings. The molecule has 2 rings (SSSR count). The Bertz CT molecular complexity index is 612. The standard InChI is InChI=1S/C15H14N2O3/c1-20-15-12(8-5-9-16-15)14(19)17-10-13(18)11-6-3-2-4-7-11/h2-9H,10H2,1H3,(H,17,19). The fraction of sp³-hybridized carbons (Fsp3) is 0.133. The average molecular weight is 270 g/mol. The zero-order valence-corrected chi connectivity index (χ0v) is 11.0. The molecule has 0 aliphatic carbocycles. The zero-order valence-electron chi connectivity index (χ0n) is 11.0. The van der Waals surface area contributed by atoms with Crippen molar-refractivity contribution in [1.82, 2.24) is 10.3 Å². The lowest BCUT2D eigenvalue weighted by molar-refractivity contribution is 0.0901. The summed E-state index contributed by atoms with van der Waals surface area (Å²) in [5.41, 5.74) is 0.863.